The van der Waals surface area contributed by atoms with Crippen LogP contribution in [0.4, 0.5) is 0 Å². The molecule has 0 spiro atoms. The molecule has 0 aromatic carbocycles. The summed E-state index contributed by atoms with van der Waals surface area (Å²) in [4.78, 5) is 11.0. The SMILES string of the molecule is CCCCCCCCCC1OC1CCC(=O)OC. The van der Waals surface area contributed by atoms with Crippen LogP contribution in [0.3, 0.4) is 0 Å². The molecule has 2 unspecified atom stereocenters. The molecule has 0 radical (unpaired) electrons. The average Bonchev–Trinajstić information content (AvgIpc) is 3.13. The maximum Gasteiger partial charge on any atom is 0.305 e. The van der Waals surface area contributed by atoms with E-state index in [2.05, 4.69) is 11.7 Å². The van der Waals surface area contributed by atoms with Crippen LogP contribution < -0.4 is 0 Å². The van der Waals surface area contributed by atoms with E-state index in [1.807, 2.05) is 0 Å². The van der Waals surface area contributed by atoms with Crippen LogP contribution in [0, 0.1) is 0 Å². The van der Waals surface area contributed by atoms with Crippen molar-refractivity contribution in [3.8, 4) is 0 Å². The Morgan fingerprint density at radius 3 is 2.28 bits per heavy atom. The van der Waals surface area contributed by atoms with E-state index in [0.717, 1.165) is 6.42 Å². The van der Waals surface area contributed by atoms with Crippen LogP contribution in [0.1, 0.15) is 71.1 Å². The van der Waals surface area contributed by atoms with Crippen molar-refractivity contribution in [2.75, 3.05) is 7.11 Å². The summed E-state index contributed by atoms with van der Waals surface area (Å²) >= 11 is 0. The minimum absolute atomic E-state index is 0.125. The van der Waals surface area contributed by atoms with E-state index in [0.29, 0.717) is 18.6 Å². The zero-order valence-electron chi connectivity index (χ0n) is 12.0. The van der Waals surface area contributed by atoms with E-state index in [1.165, 1.54) is 58.5 Å². The van der Waals surface area contributed by atoms with E-state index >= 15 is 0 Å². The molecule has 18 heavy (non-hydrogen) atoms. The van der Waals surface area contributed by atoms with Crippen molar-refractivity contribution in [3.63, 3.8) is 0 Å². The molecular formula is C15H28O3. The van der Waals surface area contributed by atoms with Gasteiger partial charge in [0.2, 0.25) is 0 Å². The van der Waals surface area contributed by atoms with Gasteiger partial charge in [0.05, 0.1) is 19.3 Å². The smallest absolute Gasteiger partial charge is 0.305 e. The van der Waals surface area contributed by atoms with Gasteiger partial charge in [0.15, 0.2) is 0 Å². The topological polar surface area (TPSA) is 38.8 Å². The number of unbranched alkanes of at least 4 members (excludes halogenated alkanes) is 6. The molecule has 0 aromatic heterocycles. The summed E-state index contributed by atoms with van der Waals surface area (Å²) in [5.41, 5.74) is 0. The maximum absolute atomic E-state index is 11.0. The van der Waals surface area contributed by atoms with Gasteiger partial charge in [-0.05, 0) is 12.8 Å². The molecule has 1 aliphatic heterocycles. The number of hydrogen-bond acceptors (Lipinski definition) is 3. The summed E-state index contributed by atoms with van der Waals surface area (Å²) in [6, 6.07) is 0. The van der Waals surface area contributed by atoms with Crippen LogP contribution in [0.15, 0.2) is 0 Å². The first kappa shape index (κ1) is 15.5. The van der Waals surface area contributed by atoms with Crippen LogP contribution in [0.2, 0.25) is 0 Å². The lowest BCUT2D eigenvalue weighted by molar-refractivity contribution is -0.140. The fourth-order valence-corrected chi connectivity index (χ4v) is 2.35. The number of methoxy groups -OCH3 is 1. The molecule has 3 heteroatoms. The zero-order chi connectivity index (χ0) is 13.2. The highest BCUT2D eigenvalue weighted by molar-refractivity contribution is 5.69. The molecule has 1 fully saturated rings. The van der Waals surface area contributed by atoms with Crippen molar-refractivity contribution >= 4 is 5.97 Å². The summed E-state index contributed by atoms with van der Waals surface area (Å²) in [6.07, 6.45) is 12.7. The van der Waals surface area contributed by atoms with Crippen LogP contribution >= 0.6 is 0 Å². The highest BCUT2D eigenvalue weighted by atomic mass is 16.6. The van der Waals surface area contributed by atoms with Gasteiger partial charge in [-0.25, -0.2) is 0 Å². The lowest BCUT2D eigenvalue weighted by atomic mass is 10.1. The van der Waals surface area contributed by atoms with E-state index in [-0.39, 0.29) is 5.97 Å². The summed E-state index contributed by atoms with van der Waals surface area (Å²) in [5, 5.41) is 0. The molecule has 0 amide bonds. The Kier molecular flexibility index (Phi) is 8.06. The monoisotopic (exact) mass is 256 g/mol. The Morgan fingerprint density at radius 1 is 1.00 bits per heavy atom. The Hall–Kier alpha value is -0.570. The molecule has 0 aromatic rings. The van der Waals surface area contributed by atoms with E-state index in [4.69, 9.17) is 4.74 Å². The van der Waals surface area contributed by atoms with Crippen molar-refractivity contribution in [2.24, 2.45) is 0 Å². The molecule has 0 N–H and O–H groups in total. The Labute approximate surface area is 111 Å². The Balaban J connectivity index is 1.83. The number of rotatable bonds is 11. The van der Waals surface area contributed by atoms with Crippen molar-refractivity contribution < 1.29 is 14.3 Å². The number of carbonyl (C=O) groups is 1. The van der Waals surface area contributed by atoms with Crippen LogP contribution in [-0.2, 0) is 14.3 Å². The minimum atomic E-state index is -0.125. The zero-order valence-corrected chi connectivity index (χ0v) is 12.0. The van der Waals surface area contributed by atoms with Gasteiger partial charge < -0.3 is 9.47 Å². The largest absolute Gasteiger partial charge is 0.469 e. The number of hydrogen-bond donors (Lipinski definition) is 0. The summed E-state index contributed by atoms with van der Waals surface area (Å²) < 4.78 is 10.2. The van der Waals surface area contributed by atoms with E-state index in [9.17, 15) is 4.79 Å². The number of ether oxygens (including phenoxy) is 2. The van der Waals surface area contributed by atoms with Crippen molar-refractivity contribution in [1.29, 1.82) is 0 Å². The molecule has 1 rings (SSSR count). The average molecular weight is 256 g/mol. The molecule has 1 aliphatic rings. The number of esters is 1. The molecule has 1 heterocycles. The van der Waals surface area contributed by atoms with Gasteiger partial charge in [-0.3, -0.25) is 4.79 Å². The molecule has 2 atom stereocenters. The maximum atomic E-state index is 11.0. The molecule has 0 saturated carbocycles. The first-order valence-electron chi connectivity index (χ1n) is 7.50. The Morgan fingerprint density at radius 2 is 1.61 bits per heavy atom. The third kappa shape index (κ3) is 7.00. The molecule has 0 aliphatic carbocycles. The Bertz CT molecular complexity index is 228. The van der Waals surface area contributed by atoms with Gasteiger partial charge in [0.1, 0.15) is 0 Å². The van der Waals surface area contributed by atoms with Crippen LogP contribution in [0.5, 0.6) is 0 Å². The lowest BCUT2D eigenvalue weighted by Gasteiger charge is -1.99. The summed E-state index contributed by atoms with van der Waals surface area (Å²) in [5.74, 6) is -0.125. The fourth-order valence-electron chi connectivity index (χ4n) is 2.35. The standard InChI is InChI=1S/C15H28O3/c1-3-4-5-6-7-8-9-10-13-14(18-13)11-12-15(16)17-2/h13-14H,3-12H2,1-2H3. The normalized spacial score (nSPS) is 21.9. The predicted molar refractivity (Wildman–Crippen MR) is 72.5 cm³/mol. The molecular weight excluding hydrogens is 228 g/mol. The van der Waals surface area contributed by atoms with E-state index in [1.54, 1.807) is 0 Å². The van der Waals surface area contributed by atoms with Gasteiger partial charge in [-0.2, -0.15) is 0 Å². The van der Waals surface area contributed by atoms with Gasteiger partial charge in [0.25, 0.3) is 0 Å². The minimum Gasteiger partial charge on any atom is -0.469 e. The number of epoxide rings is 1. The highest BCUT2D eigenvalue weighted by Crippen LogP contribution is 2.31. The third-order valence-electron chi connectivity index (χ3n) is 3.64. The molecule has 0 bridgehead atoms. The van der Waals surface area contributed by atoms with Crippen LogP contribution in [0.25, 0.3) is 0 Å². The van der Waals surface area contributed by atoms with Gasteiger partial charge in [-0.15, -0.1) is 0 Å². The quantitative estimate of drug-likeness (QED) is 0.320. The molecule has 1 saturated heterocycles. The lowest BCUT2D eigenvalue weighted by Crippen LogP contribution is -2.03. The fraction of sp³-hybridized carbons (Fsp3) is 0.933. The predicted octanol–water partition coefficient (Wildman–Crippen LogP) is 3.85. The summed E-state index contributed by atoms with van der Waals surface area (Å²) in [6.45, 7) is 2.25. The number of carbonyl (C=O) groups excluding carboxylic acids is 1. The van der Waals surface area contributed by atoms with Gasteiger partial charge in [-0.1, -0.05) is 51.9 Å². The highest BCUT2D eigenvalue weighted by Gasteiger charge is 2.37. The summed E-state index contributed by atoms with van der Waals surface area (Å²) in [7, 11) is 1.44. The van der Waals surface area contributed by atoms with Gasteiger partial charge in [0, 0.05) is 6.42 Å². The second-order valence-electron chi connectivity index (χ2n) is 5.24. The van der Waals surface area contributed by atoms with Crippen molar-refractivity contribution in [3.05, 3.63) is 0 Å². The van der Waals surface area contributed by atoms with Crippen LogP contribution in [-0.4, -0.2) is 25.3 Å². The first-order chi connectivity index (χ1) is 8.77. The molecule has 3 nitrogen and oxygen atoms in total. The second kappa shape index (κ2) is 9.37. The molecule has 106 valence electrons. The second-order valence-corrected chi connectivity index (χ2v) is 5.24. The third-order valence-corrected chi connectivity index (χ3v) is 3.64. The van der Waals surface area contributed by atoms with E-state index < -0.39 is 0 Å². The van der Waals surface area contributed by atoms with Crippen molar-refractivity contribution in [2.45, 2.75) is 83.3 Å². The first-order valence-corrected chi connectivity index (χ1v) is 7.50. The van der Waals surface area contributed by atoms with Gasteiger partial charge >= 0.3 is 5.97 Å². The van der Waals surface area contributed by atoms with Crippen molar-refractivity contribution in [1.82, 2.24) is 0 Å².